The van der Waals surface area contributed by atoms with Crippen LogP contribution >= 0.6 is 11.6 Å². The van der Waals surface area contributed by atoms with Crippen molar-refractivity contribution in [2.24, 2.45) is 0 Å². The lowest BCUT2D eigenvalue weighted by atomic mass is 9.99. The van der Waals surface area contributed by atoms with Crippen molar-refractivity contribution in [3.8, 4) is 0 Å². The number of carbonyl (C=O) groups excluding carboxylic acids is 1. The molecule has 0 saturated heterocycles. The number of hydrogen-bond donors (Lipinski definition) is 2. The minimum Gasteiger partial charge on any atom is -0.479 e. The highest BCUT2D eigenvalue weighted by Gasteiger charge is 2.28. The number of alkyl halides is 1. The van der Waals surface area contributed by atoms with Crippen molar-refractivity contribution in [2.75, 3.05) is 5.88 Å². The molecule has 2 N–H and O–H groups in total. The molecular formula is C11H10ClNO6. The first-order chi connectivity index (χ1) is 8.88. The van der Waals surface area contributed by atoms with Gasteiger partial charge in [-0.05, 0) is 6.07 Å². The van der Waals surface area contributed by atoms with Gasteiger partial charge < -0.3 is 10.2 Å². The molecule has 0 fully saturated rings. The highest BCUT2D eigenvalue weighted by Crippen LogP contribution is 2.29. The Labute approximate surface area is 112 Å². The van der Waals surface area contributed by atoms with Gasteiger partial charge in [0.25, 0.3) is 5.69 Å². The van der Waals surface area contributed by atoms with Crippen molar-refractivity contribution in [2.45, 2.75) is 12.5 Å². The molecule has 7 nitrogen and oxygen atoms in total. The minimum absolute atomic E-state index is 0.0217. The van der Waals surface area contributed by atoms with Crippen LogP contribution in [-0.2, 0) is 16.0 Å². The number of aliphatic hydroxyl groups excluding tert-OH is 1. The van der Waals surface area contributed by atoms with Crippen LogP contribution in [0.3, 0.4) is 0 Å². The number of para-hydroxylation sites is 1. The van der Waals surface area contributed by atoms with Crippen LogP contribution in [0.1, 0.15) is 17.2 Å². The van der Waals surface area contributed by atoms with E-state index in [9.17, 15) is 24.8 Å². The zero-order chi connectivity index (χ0) is 14.6. The molecule has 0 aliphatic carbocycles. The second-order valence-corrected chi connectivity index (χ2v) is 3.97. The Bertz CT molecular complexity index is 530. The molecule has 0 amide bonds. The van der Waals surface area contributed by atoms with Crippen molar-refractivity contribution >= 4 is 29.0 Å². The van der Waals surface area contributed by atoms with E-state index in [4.69, 9.17) is 16.7 Å². The quantitative estimate of drug-likeness (QED) is 0.459. The van der Waals surface area contributed by atoms with Crippen LogP contribution in [0.15, 0.2) is 18.2 Å². The maximum absolute atomic E-state index is 11.2. The van der Waals surface area contributed by atoms with Gasteiger partial charge in [-0.1, -0.05) is 12.1 Å². The van der Waals surface area contributed by atoms with Gasteiger partial charge in [0.2, 0.25) is 0 Å². The summed E-state index contributed by atoms with van der Waals surface area (Å²) in [6, 6.07) is 3.79. The standard InChI is InChI=1S/C11H10ClNO6/c12-5-7(14)4-6-2-1-3-8(9(6)13(18)19)10(15)11(16)17/h1-3,10,15H,4-5H2,(H,16,17). The van der Waals surface area contributed by atoms with Gasteiger partial charge in [0, 0.05) is 12.0 Å². The van der Waals surface area contributed by atoms with Crippen molar-refractivity contribution < 1.29 is 24.7 Å². The third kappa shape index (κ3) is 3.49. The fraction of sp³-hybridized carbons (Fsp3) is 0.273. The zero-order valence-electron chi connectivity index (χ0n) is 9.58. The third-order valence-corrected chi connectivity index (χ3v) is 2.70. The van der Waals surface area contributed by atoms with Crippen molar-refractivity contribution in [3.05, 3.63) is 39.4 Å². The van der Waals surface area contributed by atoms with Crippen LogP contribution in [0.25, 0.3) is 0 Å². The fourth-order valence-corrected chi connectivity index (χ4v) is 1.68. The predicted molar refractivity (Wildman–Crippen MR) is 65.1 cm³/mol. The summed E-state index contributed by atoms with van der Waals surface area (Å²) in [6.45, 7) is 0. The lowest BCUT2D eigenvalue weighted by Crippen LogP contribution is -2.14. The maximum atomic E-state index is 11.2. The Morgan fingerprint density at radius 2 is 2.05 bits per heavy atom. The highest BCUT2D eigenvalue weighted by atomic mass is 35.5. The Morgan fingerprint density at radius 1 is 1.42 bits per heavy atom. The number of nitrogens with zero attached hydrogens (tertiary/aromatic N) is 1. The number of hydrogen-bond acceptors (Lipinski definition) is 5. The first kappa shape index (κ1) is 15.1. The van der Waals surface area contributed by atoms with Crippen molar-refractivity contribution in [1.29, 1.82) is 0 Å². The summed E-state index contributed by atoms with van der Waals surface area (Å²) in [6.07, 6.45) is -2.31. The number of carbonyl (C=O) groups is 2. The van der Waals surface area contributed by atoms with Gasteiger partial charge in [0.15, 0.2) is 11.9 Å². The van der Waals surface area contributed by atoms with Gasteiger partial charge in [0.05, 0.1) is 16.4 Å². The Balaban J connectivity index is 3.33. The van der Waals surface area contributed by atoms with Gasteiger partial charge in [-0.25, -0.2) is 4.79 Å². The average molecular weight is 288 g/mol. The summed E-state index contributed by atoms with van der Waals surface area (Å²) < 4.78 is 0. The van der Waals surface area contributed by atoms with E-state index in [1.165, 1.54) is 12.1 Å². The van der Waals surface area contributed by atoms with E-state index in [1.807, 2.05) is 0 Å². The summed E-state index contributed by atoms with van der Waals surface area (Å²) in [4.78, 5) is 32.1. The molecule has 1 atom stereocenters. The van der Waals surface area contributed by atoms with Crippen LogP contribution in [0.2, 0.25) is 0 Å². The van der Waals surface area contributed by atoms with Crippen LogP contribution in [0, 0.1) is 10.1 Å². The number of carboxylic acid groups (broad SMARTS) is 1. The number of nitro benzene ring substituents is 1. The van der Waals surface area contributed by atoms with Crippen LogP contribution in [-0.4, -0.2) is 32.8 Å². The van der Waals surface area contributed by atoms with Crippen LogP contribution in [0.4, 0.5) is 5.69 Å². The molecule has 0 aromatic heterocycles. The molecule has 1 aromatic carbocycles. The fourth-order valence-electron chi connectivity index (χ4n) is 1.59. The summed E-state index contributed by atoms with van der Waals surface area (Å²) in [7, 11) is 0. The van der Waals surface area contributed by atoms with E-state index < -0.39 is 28.5 Å². The lowest BCUT2D eigenvalue weighted by Gasteiger charge is -2.09. The summed E-state index contributed by atoms with van der Waals surface area (Å²) >= 11 is 5.32. The number of Topliss-reactive ketones (excluding diaryl/α,β-unsaturated/α-hetero) is 1. The molecule has 0 bridgehead atoms. The van der Waals surface area contributed by atoms with Gasteiger partial charge in [-0.2, -0.15) is 0 Å². The smallest absolute Gasteiger partial charge is 0.337 e. The predicted octanol–water partition coefficient (Wildman–Crippen LogP) is 1.06. The Morgan fingerprint density at radius 3 is 2.53 bits per heavy atom. The second-order valence-electron chi connectivity index (χ2n) is 3.70. The number of carboxylic acids is 1. The molecule has 19 heavy (non-hydrogen) atoms. The number of ketones is 1. The zero-order valence-corrected chi connectivity index (χ0v) is 10.3. The second kappa shape index (κ2) is 6.26. The van der Waals surface area contributed by atoms with Crippen molar-refractivity contribution in [3.63, 3.8) is 0 Å². The summed E-state index contributed by atoms with van der Waals surface area (Å²) in [5, 5.41) is 29.1. The minimum atomic E-state index is -2.02. The number of halogens is 1. The molecule has 0 saturated carbocycles. The van der Waals surface area contributed by atoms with Gasteiger partial charge in [-0.15, -0.1) is 11.6 Å². The monoisotopic (exact) mass is 287 g/mol. The van der Waals surface area contributed by atoms with Gasteiger partial charge >= 0.3 is 5.97 Å². The van der Waals surface area contributed by atoms with E-state index in [1.54, 1.807) is 0 Å². The number of aliphatic carboxylic acids is 1. The lowest BCUT2D eigenvalue weighted by molar-refractivity contribution is -0.386. The number of aliphatic hydroxyl groups is 1. The molecule has 0 heterocycles. The van der Waals surface area contributed by atoms with Crippen molar-refractivity contribution in [1.82, 2.24) is 0 Å². The third-order valence-electron chi connectivity index (χ3n) is 2.40. The molecule has 0 aliphatic rings. The molecule has 0 radical (unpaired) electrons. The van der Waals surface area contributed by atoms with E-state index in [2.05, 4.69) is 0 Å². The van der Waals surface area contributed by atoms with Gasteiger partial charge in [0.1, 0.15) is 0 Å². The topological polar surface area (TPSA) is 118 Å². The van der Waals surface area contributed by atoms with E-state index in [0.717, 1.165) is 6.07 Å². The Hall–Kier alpha value is -1.99. The molecule has 0 aliphatic heterocycles. The number of rotatable bonds is 6. The van der Waals surface area contributed by atoms with Crippen LogP contribution in [0.5, 0.6) is 0 Å². The van der Waals surface area contributed by atoms with Crippen LogP contribution < -0.4 is 0 Å². The summed E-state index contributed by atoms with van der Waals surface area (Å²) in [5.74, 6) is -2.35. The summed E-state index contributed by atoms with van der Waals surface area (Å²) in [5.41, 5.74) is -0.915. The molecular weight excluding hydrogens is 278 g/mol. The van der Waals surface area contributed by atoms with E-state index in [0.29, 0.717) is 0 Å². The molecule has 0 spiro atoms. The normalized spacial score (nSPS) is 11.9. The largest absolute Gasteiger partial charge is 0.479 e. The SMILES string of the molecule is O=C(CCl)Cc1cccc(C(O)C(=O)O)c1[N+](=O)[O-]. The number of benzene rings is 1. The molecule has 1 rings (SSSR count). The molecule has 102 valence electrons. The molecule has 1 aromatic rings. The maximum Gasteiger partial charge on any atom is 0.337 e. The highest BCUT2D eigenvalue weighted by molar-refractivity contribution is 6.27. The average Bonchev–Trinajstić information content (AvgIpc) is 2.36. The molecule has 8 heteroatoms. The first-order valence-electron chi connectivity index (χ1n) is 5.13. The van der Waals surface area contributed by atoms with E-state index in [-0.39, 0.29) is 23.4 Å². The Kier molecular flexibility index (Phi) is 4.96. The number of nitro groups is 1. The molecule has 1 unspecified atom stereocenters. The first-order valence-corrected chi connectivity index (χ1v) is 5.66. The van der Waals surface area contributed by atoms with E-state index >= 15 is 0 Å². The van der Waals surface area contributed by atoms with Gasteiger partial charge in [-0.3, -0.25) is 14.9 Å².